The van der Waals surface area contributed by atoms with Crippen LogP contribution in [-0.2, 0) is 6.42 Å². The molecule has 0 aliphatic heterocycles. The van der Waals surface area contributed by atoms with Gasteiger partial charge >= 0.3 is 0 Å². The molecule has 1 aliphatic carbocycles. The molecule has 0 spiro atoms. The van der Waals surface area contributed by atoms with Gasteiger partial charge in [-0.2, -0.15) is 0 Å². The van der Waals surface area contributed by atoms with Crippen LogP contribution in [-0.4, -0.2) is 10.9 Å². The van der Waals surface area contributed by atoms with Gasteiger partial charge in [-0.25, -0.2) is 0 Å². The fourth-order valence-electron chi connectivity index (χ4n) is 1.71. The summed E-state index contributed by atoms with van der Waals surface area (Å²) in [5.41, 5.74) is 1.02. The lowest BCUT2D eigenvalue weighted by Crippen LogP contribution is -2.25. The van der Waals surface area contributed by atoms with Crippen LogP contribution in [0.1, 0.15) is 36.4 Å². The third-order valence-corrected chi connectivity index (χ3v) is 2.21. The van der Waals surface area contributed by atoms with E-state index < -0.39 is 0 Å². The predicted octanol–water partition coefficient (Wildman–Crippen LogP) is 1.83. The Hall–Kier alpha value is -1.12. The lowest BCUT2D eigenvalue weighted by Gasteiger charge is -2.26. The van der Waals surface area contributed by atoms with Crippen LogP contribution in [0.15, 0.2) is 10.7 Å². The van der Waals surface area contributed by atoms with Crippen molar-refractivity contribution in [1.29, 1.82) is 0 Å². The van der Waals surface area contributed by atoms with Crippen molar-refractivity contribution in [3.8, 4) is 0 Å². The average molecular weight is 165 g/mol. The zero-order valence-electron chi connectivity index (χ0n) is 7.26. The molecule has 0 radical (unpaired) electrons. The average Bonchev–Trinajstić information content (AvgIpc) is 2.31. The Balaban J connectivity index is 2.45. The van der Waals surface area contributed by atoms with Crippen LogP contribution in [0.25, 0.3) is 0 Å². The highest BCUT2D eigenvalue weighted by Gasteiger charge is 2.33. The number of carbonyl (C=O) groups excluding carboxylic acids is 1. The molecule has 1 aliphatic rings. The summed E-state index contributed by atoms with van der Waals surface area (Å²) in [4.78, 5) is 11.4. The topological polar surface area (TPSA) is 43.1 Å². The fourth-order valence-corrected chi connectivity index (χ4v) is 1.71. The van der Waals surface area contributed by atoms with Crippen LogP contribution in [0.4, 0.5) is 0 Å². The van der Waals surface area contributed by atoms with Gasteiger partial charge in [-0.1, -0.05) is 19.0 Å². The minimum absolute atomic E-state index is 0.0651. The Morgan fingerprint density at radius 3 is 3.00 bits per heavy atom. The molecular formula is C9H11NO2. The first-order valence-corrected chi connectivity index (χ1v) is 4.05. The molecule has 0 saturated heterocycles. The highest BCUT2D eigenvalue weighted by Crippen LogP contribution is 2.34. The third-order valence-electron chi connectivity index (χ3n) is 2.21. The third kappa shape index (κ3) is 1.05. The van der Waals surface area contributed by atoms with Crippen molar-refractivity contribution in [3.05, 3.63) is 17.5 Å². The molecule has 0 aromatic carbocycles. The summed E-state index contributed by atoms with van der Waals surface area (Å²) in [6.07, 6.45) is 3.10. The number of aromatic nitrogens is 1. The van der Waals surface area contributed by atoms with E-state index in [0.29, 0.717) is 12.2 Å². The monoisotopic (exact) mass is 165 g/mol. The van der Waals surface area contributed by atoms with Crippen LogP contribution in [0.5, 0.6) is 0 Å². The van der Waals surface area contributed by atoms with E-state index in [2.05, 4.69) is 19.0 Å². The molecule has 12 heavy (non-hydrogen) atoms. The maximum Gasteiger partial charge on any atom is 0.205 e. The quantitative estimate of drug-likeness (QED) is 0.589. The zero-order valence-corrected chi connectivity index (χ0v) is 7.26. The van der Waals surface area contributed by atoms with Gasteiger partial charge in [-0.05, 0) is 11.8 Å². The smallest absolute Gasteiger partial charge is 0.205 e. The summed E-state index contributed by atoms with van der Waals surface area (Å²) in [5, 5.41) is 3.62. The summed E-state index contributed by atoms with van der Waals surface area (Å²) in [6.45, 7) is 4.17. The number of carbonyl (C=O) groups is 1. The molecule has 1 aromatic rings. The normalized spacial score (nSPS) is 20.7. The van der Waals surface area contributed by atoms with E-state index in [1.165, 1.54) is 0 Å². The van der Waals surface area contributed by atoms with Crippen LogP contribution in [0.3, 0.4) is 0 Å². The number of Topliss-reactive ketones (excluding diaryl/α,β-unsaturated/α-hetero) is 1. The van der Waals surface area contributed by atoms with Crippen molar-refractivity contribution in [1.82, 2.24) is 5.16 Å². The van der Waals surface area contributed by atoms with E-state index in [0.717, 1.165) is 12.0 Å². The van der Waals surface area contributed by atoms with Crippen molar-refractivity contribution in [2.75, 3.05) is 0 Å². The van der Waals surface area contributed by atoms with Crippen molar-refractivity contribution >= 4 is 5.78 Å². The van der Waals surface area contributed by atoms with Gasteiger partial charge in [0.1, 0.15) is 0 Å². The molecule has 64 valence electrons. The van der Waals surface area contributed by atoms with Crippen LogP contribution in [0, 0.1) is 5.41 Å². The Labute approximate surface area is 70.7 Å². The Morgan fingerprint density at radius 2 is 2.25 bits per heavy atom. The molecule has 1 aromatic heterocycles. The first-order valence-electron chi connectivity index (χ1n) is 4.05. The molecule has 3 nitrogen and oxygen atoms in total. The second-order valence-electron chi connectivity index (χ2n) is 4.12. The van der Waals surface area contributed by atoms with Gasteiger partial charge in [-0.3, -0.25) is 4.79 Å². The molecule has 0 N–H and O–H groups in total. The molecule has 0 fully saturated rings. The molecule has 2 rings (SSSR count). The summed E-state index contributed by atoms with van der Waals surface area (Å²) < 4.78 is 4.86. The SMILES string of the molecule is CC1(C)CC(=O)c2oncc2C1. The van der Waals surface area contributed by atoms with Crippen molar-refractivity contribution < 1.29 is 9.32 Å². The van der Waals surface area contributed by atoms with Gasteiger partial charge < -0.3 is 4.52 Å². The molecule has 0 unspecified atom stereocenters. The van der Waals surface area contributed by atoms with E-state index in [-0.39, 0.29) is 11.2 Å². The van der Waals surface area contributed by atoms with E-state index in [1.54, 1.807) is 6.20 Å². The van der Waals surface area contributed by atoms with E-state index in [4.69, 9.17) is 4.52 Å². The van der Waals surface area contributed by atoms with Gasteiger partial charge in [0.2, 0.25) is 11.5 Å². The van der Waals surface area contributed by atoms with E-state index in [1.807, 2.05) is 0 Å². The highest BCUT2D eigenvalue weighted by molar-refractivity contribution is 5.96. The van der Waals surface area contributed by atoms with Crippen molar-refractivity contribution in [2.45, 2.75) is 26.7 Å². The second kappa shape index (κ2) is 2.19. The van der Waals surface area contributed by atoms with Gasteiger partial charge in [0.25, 0.3) is 0 Å². The largest absolute Gasteiger partial charge is 0.353 e. The molecule has 1 heterocycles. The minimum Gasteiger partial charge on any atom is -0.353 e. The van der Waals surface area contributed by atoms with E-state index >= 15 is 0 Å². The van der Waals surface area contributed by atoms with Crippen LogP contribution < -0.4 is 0 Å². The molecule has 0 bridgehead atoms. The van der Waals surface area contributed by atoms with Gasteiger partial charge in [-0.15, -0.1) is 0 Å². The number of fused-ring (bicyclic) bond motifs is 1. The zero-order chi connectivity index (χ0) is 8.77. The van der Waals surface area contributed by atoms with Gasteiger partial charge in [0, 0.05) is 12.0 Å². The summed E-state index contributed by atoms with van der Waals surface area (Å²) in [6, 6.07) is 0. The first kappa shape index (κ1) is 7.53. The Morgan fingerprint density at radius 1 is 1.50 bits per heavy atom. The maximum atomic E-state index is 11.4. The lowest BCUT2D eigenvalue weighted by molar-refractivity contribution is 0.0871. The van der Waals surface area contributed by atoms with Crippen LogP contribution in [0.2, 0.25) is 0 Å². The molecule has 3 heteroatoms. The maximum absolute atomic E-state index is 11.4. The molecular weight excluding hydrogens is 154 g/mol. The Kier molecular flexibility index (Phi) is 1.37. The van der Waals surface area contributed by atoms with Gasteiger partial charge in [0.15, 0.2) is 0 Å². The molecule has 0 amide bonds. The van der Waals surface area contributed by atoms with E-state index in [9.17, 15) is 4.79 Å². The lowest BCUT2D eigenvalue weighted by atomic mass is 9.76. The summed E-state index contributed by atoms with van der Waals surface area (Å²) in [7, 11) is 0. The Bertz CT molecular complexity index is 325. The summed E-state index contributed by atoms with van der Waals surface area (Å²) >= 11 is 0. The van der Waals surface area contributed by atoms with Crippen molar-refractivity contribution in [2.24, 2.45) is 5.41 Å². The fraction of sp³-hybridized carbons (Fsp3) is 0.556. The standard InChI is InChI=1S/C9H11NO2/c1-9(2)3-6-5-10-12-8(6)7(11)4-9/h5H,3-4H2,1-2H3. The number of ketones is 1. The number of nitrogens with zero attached hydrogens (tertiary/aromatic N) is 1. The highest BCUT2D eigenvalue weighted by atomic mass is 16.5. The second-order valence-corrected chi connectivity index (χ2v) is 4.12. The first-order chi connectivity index (χ1) is 5.58. The minimum atomic E-state index is 0.0651. The summed E-state index contributed by atoms with van der Waals surface area (Å²) in [5.74, 6) is 0.549. The van der Waals surface area contributed by atoms with Crippen molar-refractivity contribution in [3.63, 3.8) is 0 Å². The number of rotatable bonds is 0. The van der Waals surface area contributed by atoms with Crippen LogP contribution >= 0.6 is 0 Å². The number of hydrogen-bond donors (Lipinski definition) is 0. The van der Waals surface area contributed by atoms with Gasteiger partial charge in [0.05, 0.1) is 6.20 Å². The molecule has 0 saturated carbocycles. The predicted molar refractivity (Wildman–Crippen MR) is 42.9 cm³/mol. The number of hydrogen-bond acceptors (Lipinski definition) is 3. The molecule has 0 atom stereocenters.